The Morgan fingerprint density at radius 3 is 2.29 bits per heavy atom. The number of methoxy groups -OCH3 is 2. The molecule has 0 fully saturated rings. The fourth-order valence-corrected chi connectivity index (χ4v) is 2.19. The van der Waals surface area contributed by atoms with Crippen molar-refractivity contribution in [1.29, 1.82) is 0 Å². The van der Waals surface area contributed by atoms with Gasteiger partial charge in [0.05, 0.1) is 19.9 Å². The van der Waals surface area contributed by atoms with Gasteiger partial charge in [0.1, 0.15) is 0 Å². The summed E-state index contributed by atoms with van der Waals surface area (Å²) in [5, 5.41) is 3.38. The number of hydrogen-bond acceptors (Lipinski definition) is 4. The van der Waals surface area contributed by atoms with Crippen LogP contribution in [0.25, 0.3) is 0 Å². The van der Waals surface area contributed by atoms with E-state index >= 15 is 0 Å². The van der Waals surface area contributed by atoms with Crippen LogP contribution >= 0.6 is 0 Å². The van der Waals surface area contributed by atoms with Gasteiger partial charge in [-0.25, -0.2) is 0 Å². The molecule has 1 heterocycles. The molecule has 2 rings (SSSR count). The molecule has 2 aromatic rings. The van der Waals surface area contributed by atoms with E-state index in [-0.39, 0.29) is 0 Å². The van der Waals surface area contributed by atoms with Crippen LogP contribution in [0.2, 0.25) is 0 Å². The molecule has 0 saturated heterocycles. The van der Waals surface area contributed by atoms with Gasteiger partial charge in [-0.3, -0.25) is 4.98 Å². The van der Waals surface area contributed by atoms with Gasteiger partial charge in [0.2, 0.25) is 0 Å². The molecule has 4 nitrogen and oxygen atoms in total. The molecule has 0 radical (unpaired) electrons. The van der Waals surface area contributed by atoms with Gasteiger partial charge in [-0.1, -0.05) is 31.2 Å². The van der Waals surface area contributed by atoms with E-state index in [1.54, 1.807) is 26.5 Å². The van der Waals surface area contributed by atoms with Gasteiger partial charge in [-0.15, -0.1) is 0 Å². The van der Waals surface area contributed by atoms with Crippen LogP contribution in [0.5, 0.6) is 11.5 Å². The number of nitrogens with one attached hydrogen (secondary N) is 1. The fourth-order valence-electron chi connectivity index (χ4n) is 2.19. The number of benzene rings is 1. The Bertz CT molecular complexity index is 568. The SMILES string of the molecule is CCc1ccc(CNCc2nccc(OC)c2OC)cc1. The molecule has 0 aliphatic rings. The maximum Gasteiger partial charge on any atom is 0.183 e. The summed E-state index contributed by atoms with van der Waals surface area (Å²) in [4.78, 5) is 4.35. The first-order valence-electron chi connectivity index (χ1n) is 7.12. The second-order valence-corrected chi connectivity index (χ2v) is 4.77. The van der Waals surface area contributed by atoms with E-state index < -0.39 is 0 Å². The lowest BCUT2D eigenvalue weighted by atomic mass is 10.1. The zero-order valence-corrected chi connectivity index (χ0v) is 12.8. The van der Waals surface area contributed by atoms with Crippen molar-refractivity contribution < 1.29 is 9.47 Å². The number of rotatable bonds is 7. The monoisotopic (exact) mass is 286 g/mol. The molecule has 21 heavy (non-hydrogen) atoms. The molecule has 0 amide bonds. The van der Waals surface area contributed by atoms with Crippen molar-refractivity contribution in [3.63, 3.8) is 0 Å². The molecule has 0 aliphatic carbocycles. The first kappa shape index (κ1) is 15.3. The van der Waals surface area contributed by atoms with Crippen LogP contribution in [0.1, 0.15) is 23.7 Å². The minimum atomic E-state index is 0.635. The number of hydrogen-bond donors (Lipinski definition) is 1. The van der Waals surface area contributed by atoms with Crippen molar-refractivity contribution in [3.8, 4) is 11.5 Å². The van der Waals surface area contributed by atoms with E-state index in [1.165, 1.54) is 11.1 Å². The van der Waals surface area contributed by atoms with Gasteiger partial charge in [-0.2, -0.15) is 0 Å². The highest BCUT2D eigenvalue weighted by atomic mass is 16.5. The van der Waals surface area contributed by atoms with E-state index in [1.807, 2.05) is 0 Å². The molecule has 1 aromatic carbocycles. The number of ether oxygens (including phenoxy) is 2. The molecule has 112 valence electrons. The highest BCUT2D eigenvalue weighted by Gasteiger charge is 2.10. The number of nitrogens with zero attached hydrogens (tertiary/aromatic N) is 1. The van der Waals surface area contributed by atoms with E-state index in [0.29, 0.717) is 18.0 Å². The molecule has 0 spiro atoms. The molecular formula is C17H22N2O2. The fraction of sp³-hybridized carbons (Fsp3) is 0.353. The van der Waals surface area contributed by atoms with Gasteiger partial charge in [0.15, 0.2) is 11.5 Å². The van der Waals surface area contributed by atoms with Crippen molar-refractivity contribution in [2.24, 2.45) is 0 Å². The molecule has 0 saturated carbocycles. The Labute approximate surface area is 126 Å². The lowest BCUT2D eigenvalue weighted by molar-refractivity contribution is 0.348. The average Bonchev–Trinajstić information content (AvgIpc) is 2.55. The van der Waals surface area contributed by atoms with E-state index in [2.05, 4.69) is 41.5 Å². The molecule has 1 aromatic heterocycles. The second-order valence-electron chi connectivity index (χ2n) is 4.77. The molecule has 0 aliphatic heterocycles. The first-order chi connectivity index (χ1) is 10.3. The third-order valence-corrected chi connectivity index (χ3v) is 3.42. The number of aryl methyl sites for hydroxylation is 1. The molecule has 0 unspecified atom stereocenters. The van der Waals surface area contributed by atoms with Crippen molar-refractivity contribution in [2.45, 2.75) is 26.4 Å². The largest absolute Gasteiger partial charge is 0.493 e. The second kappa shape index (κ2) is 7.64. The van der Waals surface area contributed by atoms with Gasteiger partial charge in [0, 0.05) is 25.4 Å². The third kappa shape index (κ3) is 3.95. The average molecular weight is 286 g/mol. The molecule has 1 N–H and O–H groups in total. The molecule has 0 atom stereocenters. The summed E-state index contributed by atoms with van der Waals surface area (Å²) in [5.74, 6) is 1.39. The summed E-state index contributed by atoms with van der Waals surface area (Å²) in [7, 11) is 3.26. The predicted octanol–water partition coefficient (Wildman–Crippen LogP) is 2.95. The predicted molar refractivity (Wildman–Crippen MR) is 83.7 cm³/mol. The van der Waals surface area contributed by atoms with Crippen molar-refractivity contribution >= 4 is 0 Å². The van der Waals surface area contributed by atoms with Gasteiger partial charge >= 0.3 is 0 Å². The Morgan fingerprint density at radius 1 is 0.952 bits per heavy atom. The summed E-state index contributed by atoms with van der Waals surface area (Å²) >= 11 is 0. The standard InChI is InChI=1S/C17H22N2O2/c1-4-13-5-7-14(8-6-13)11-18-12-15-17(21-3)16(20-2)9-10-19-15/h5-10,18H,4,11-12H2,1-3H3. The summed E-state index contributed by atoms with van der Waals surface area (Å²) in [5.41, 5.74) is 3.46. The Hall–Kier alpha value is -2.07. The highest BCUT2D eigenvalue weighted by molar-refractivity contribution is 5.42. The van der Waals surface area contributed by atoms with Crippen LogP contribution in [-0.2, 0) is 19.5 Å². The first-order valence-corrected chi connectivity index (χ1v) is 7.12. The number of pyridine rings is 1. The van der Waals surface area contributed by atoms with Crippen LogP contribution < -0.4 is 14.8 Å². The van der Waals surface area contributed by atoms with Crippen molar-refractivity contribution in [1.82, 2.24) is 10.3 Å². The Kier molecular flexibility index (Phi) is 5.58. The van der Waals surface area contributed by atoms with E-state index in [0.717, 1.165) is 18.7 Å². The maximum atomic E-state index is 5.37. The summed E-state index contributed by atoms with van der Waals surface area (Å²) in [6.45, 7) is 3.59. The van der Waals surface area contributed by atoms with Crippen LogP contribution in [0.3, 0.4) is 0 Å². The van der Waals surface area contributed by atoms with Gasteiger partial charge in [0.25, 0.3) is 0 Å². The number of aromatic nitrogens is 1. The van der Waals surface area contributed by atoms with Crippen molar-refractivity contribution in [2.75, 3.05) is 14.2 Å². The molecule has 4 heteroatoms. The topological polar surface area (TPSA) is 43.4 Å². The van der Waals surface area contributed by atoms with Crippen LogP contribution in [0, 0.1) is 0 Å². The Balaban J connectivity index is 1.96. The van der Waals surface area contributed by atoms with Crippen molar-refractivity contribution in [3.05, 3.63) is 53.3 Å². The molecular weight excluding hydrogens is 264 g/mol. The van der Waals surface area contributed by atoms with Crippen LogP contribution in [0.15, 0.2) is 36.5 Å². The van der Waals surface area contributed by atoms with E-state index in [4.69, 9.17) is 9.47 Å². The normalized spacial score (nSPS) is 10.4. The third-order valence-electron chi connectivity index (χ3n) is 3.42. The van der Waals surface area contributed by atoms with Crippen LogP contribution in [0.4, 0.5) is 0 Å². The van der Waals surface area contributed by atoms with Crippen LogP contribution in [-0.4, -0.2) is 19.2 Å². The maximum absolute atomic E-state index is 5.37. The van der Waals surface area contributed by atoms with Gasteiger partial charge < -0.3 is 14.8 Å². The van der Waals surface area contributed by atoms with E-state index in [9.17, 15) is 0 Å². The minimum Gasteiger partial charge on any atom is -0.493 e. The zero-order chi connectivity index (χ0) is 15.1. The van der Waals surface area contributed by atoms with Gasteiger partial charge in [-0.05, 0) is 17.5 Å². The zero-order valence-electron chi connectivity index (χ0n) is 12.8. The highest BCUT2D eigenvalue weighted by Crippen LogP contribution is 2.28. The smallest absolute Gasteiger partial charge is 0.183 e. The lowest BCUT2D eigenvalue weighted by Crippen LogP contribution is -2.14. The lowest BCUT2D eigenvalue weighted by Gasteiger charge is -2.12. The summed E-state index contributed by atoms with van der Waals surface area (Å²) < 4.78 is 10.6. The molecule has 0 bridgehead atoms. The Morgan fingerprint density at radius 2 is 1.67 bits per heavy atom. The quantitative estimate of drug-likeness (QED) is 0.850. The summed E-state index contributed by atoms with van der Waals surface area (Å²) in [6, 6.07) is 10.4. The minimum absolute atomic E-state index is 0.635. The summed E-state index contributed by atoms with van der Waals surface area (Å²) in [6.07, 6.45) is 2.80.